The molecule has 0 fully saturated rings. The molecular weight excluding hydrogens is 399 g/mol. The monoisotopic (exact) mass is 417 g/mol. The number of alkyl halides is 2. The molecule has 5 nitrogen and oxygen atoms in total. The van der Waals surface area contributed by atoms with E-state index in [1.807, 2.05) is 23.1 Å². The van der Waals surface area contributed by atoms with E-state index in [9.17, 15) is 13.6 Å². The molecule has 0 spiro atoms. The van der Waals surface area contributed by atoms with E-state index in [-0.39, 0.29) is 35.6 Å². The van der Waals surface area contributed by atoms with Gasteiger partial charge in [-0.05, 0) is 48.7 Å². The molecule has 1 aliphatic rings. The van der Waals surface area contributed by atoms with Gasteiger partial charge in [0.2, 0.25) is 5.91 Å². The van der Waals surface area contributed by atoms with Gasteiger partial charge in [0.25, 0.3) is 0 Å². The average Bonchev–Trinajstić information content (AvgIpc) is 2.58. The Kier molecular flexibility index (Phi) is 7.10. The van der Waals surface area contributed by atoms with Crippen molar-refractivity contribution < 1.29 is 18.3 Å². The number of nitrogens with two attached hydrogens (primary N) is 1. The summed E-state index contributed by atoms with van der Waals surface area (Å²) in [5, 5.41) is 2.72. The Morgan fingerprint density at radius 2 is 2.11 bits per heavy atom. The van der Waals surface area contributed by atoms with Gasteiger partial charge in [-0.3, -0.25) is 4.79 Å². The van der Waals surface area contributed by atoms with E-state index >= 15 is 0 Å². The Bertz CT molecular complexity index is 821. The van der Waals surface area contributed by atoms with Crippen LogP contribution in [0.5, 0.6) is 5.75 Å². The number of nitrogens with one attached hydrogen (secondary N) is 1. The van der Waals surface area contributed by atoms with Crippen molar-refractivity contribution in [3.63, 3.8) is 0 Å². The fraction of sp³-hybridized carbons (Fsp3) is 0.278. The van der Waals surface area contributed by atoms with E-state index in [0.29, 0.717) is 5.69 Å². The summed E-state index contributed by atoms with van der Waals surface area (Å²) in [7, 11) is 0. The van der Waals surface area contributed by atoms with E-state index in [4.69, 9.17) is 17.3 Å². The van der Waals surface area contributed by atoms with Crippen molar-refractivity contribution in [2.45, 2.75) is 19.5 Å². The maximum absolute atomic E-state index is 12.4. The number of fused-ring (bicyclic) bond motifs is 1. The quantitative estimate of drug-likeness (QED) is 0.710. The minimum atomic E-state index is -2.96. The molecule has 3 N–H and O–H groups in total. The van der Waals surface area contributed by atoms with E-state index in [1.54, 1.807) is 0 Å². The fourth-order valence-electron chi connectivity index (χ4n) is 3.04. The van der Waals surface area contributed by atoms with Crippen molar-refractivity contribution in [2.75, 3.05) is 29.0 Å². The number of hydrogen-bond acceptors (Lipinski definition) is 4. The molecule has 9 heteroatoms. The van der Waals surface area contributed by atoms with Crippen LogP contribution in [0, 0.1) is 0 Å². The number of carbonyl (C=O) groups excluding carboxylic acids is 1. The lowest BCUT2D eigenvalue weighted by Gasteiger charge is -2.31. The third-order valence-corrected chi connectivity index (χ3v) is 4.44. The lowest BCUT2D eigenvalue weighted by atomic mass is 10.00. The Balaban J connectivity index is 0.00000261. The number of benzene rings is 2. The minimum absolute atomic E-state index is 0. The molecular formula is C18H19Cl2F2N3O2. The van der Waals surface area contributed by atoms with Crippen LogP contribution in [0.4, 0.5) is 25.8 Å². The second kappa shape index (κ2) is 9.10. The van der Waals surface area contributed by atoms with Crippen molar-refractivity contribution in [1.29, 1.82) is 0 Å². The number of amides is 1. The summed E-state index contributed by atoms with van der Waals surface area (Å²) < 4.78 is 28.8. The Labute approximate surface area is 166 Å². The molecule has 2 aromatic carbocycles. The van der Waals surface area contributed by atoms with E-state index in [2.05, 4.69) is 10.1 Å². The van der Waals surface area contributed by atoms with Crippen LogP contribution in [-0.4, -0.2) is 25.6 Å². The van der Waals surface area contributed by atoms with Crippen molar-refractivity contribution >= 4 is 47.0 Å². The summed E-state index contributed by atoms with van der Waals surface area (Å²) in [4.78, 5) is 14.3. The van der Waals surface area contributed by atoms with Gasteiger partial charge < -0.3 is 20.7 Å². The van der Waals surface area contributed by atoms with Gasteiger partial charge in [0.1, 0.15) is 5.75 Å². The third kappa shape index (κ3) is 5.14. The Hall–Kier alpha value is -2.25. The van der Waals surface area contributed by atoms with Gasteiger partial charge in [-0.1, -0.05) is 17.7 Å². The summed E-state index contributed by atoms with van der Waals surface area (Å²) in [6, 6.07) is 9.80. The highest BCUT2D eigenvalue weighted by Gasteiger charge is 2.20. The predicted octanol–water partition coefficient (Wildman–Crippen LogP) is 4.34. The predicted molar refractivity (Wildman–Crippen MR) is 105 cm³/mol. The number of rotatable bonds is 5. The van der Waals surface area contributed by atoms with Gasteiger partial charge in [-0.25, -0.2) is 0 Å². The first-order chi connectivity index (χ1) is 12.4. The molecule has 0 bridgehead atoms. The van der Waals surface area contributed by atoms with Gasteiger partial charge in [0.05, 0.1) is 11.6 Å². The van der Waals surface area contributed by atoms with Gasteiger partial charge in [-0.15, -0.1) is 12.4 Å². The summed E-state index contributed by atoms with van der Waals surface area (Å²) >= 11 is 5.90. The molecule has 0 saturated carbocycles. The number of halogens is 4. The largest absolute Gasteiger partial charge is 0.433 e. The molecule has 1 heterocycles. The molecule has 0 aromatic heterocycles. The van der Waals surface area contributed by atoms with Crippen LogP contribution in [0.3, 0.4) is 0 Å². The number of nitrogen functional groups attached to an aromatic ring is 1. The minimum Gasteiger partial charge on any atom is -0.433 e. The fourth-order valence-corrected chi connectivity index (χ4v) is 3.26. The van der Waals surface area contributed by atoms with Gasteiger partial charge in [0.15, 0.2) is 0 Å². The molecule has 146 valence electrons. The maximum Gasteiger partial charge on any atom is 0.387 e. The molecule has 3 rings (SSSR count). The second-order valence-corrected chi connectivity index (χ2v) is 6.35. The lowest BCUT2D eigenvalue weighted by molar-refractivity contribution is -0.115. The van der Waals surface area contributed by atoms with Crippen LogP contribution in [-0.2, 0) is 11.2 Å². The summed E-state index contributed by atoms with van der Waals surface area (Å²) in [5.74, 6) is -0.376. The molecule has 0 saturated heterocycles. The highest BCUT2D eigenvalue weighted by Crippen LogP contribution is 2.31. The molecule has 0 aliphatic carbocycles. The molecule has 1 amide bonds. The van der Waals surface area contributed by atoms with Crippen molar-refractivity contribution in [3.8, 4) is 5.75 Å². The highest BCUT2D eigenvalue weighted by atomic mass is 35.5. The van der Waals surface area contributed by atoms with Crippen LogP contribution >= 0.6 is 24.0 Å². The van der Waals surface area contributed by atoms with Crippen LogP contribution < -0.4 is 20.7 Å². The highest BCUT2D eigenvalue weighted by molar-refractivity contribution is 6.32. The van der Waals surface area contributed by atoms with Crippen molar-refractivity contribution in [2.24, 2.45) is 0 Å². The second-order valence-electron chi connectivity index (χ2n) is 5.94. The summed E-state index contributed by atoms with van der Waals surface area (Å²) in [6.07, 6.45) is 1.81. The van der Waals surface area contributed by atoms with Crippen LogP contribution in [0.15, 0.2) is 36.4 Å². The number of hydrogen-bond donors (Lipinski definition) is 2. The molecule has 1 aliphatic heterocycles. The molecule has 0 unspecified atom stereocenters. The first-order valence-electron chi connectivity index (χ1n) is 8.10. The lowest BCUT2D eigenvalue weighted by Crippen LogP contribution is -2.37. The first-order valence-corrected chi connectivity index (χ1v) is 8.48. The maximum atomic E-state index is 12.4. The molecule has 0 atom stereocenters. The van der Waals surface area contributed by atoms with Gasteiger partial charge in [-0.2, -0.15) is 8.78 Å². The van der Waals surface area contributed by atoms with Crippen LogP contribution in [0.2, 0.25) is 5.02 Å². The standard InChI is InChI=1S/C18H18ClF2N3O2.ClH/c19-13-9-11(6-7-16(13)26-18(20)21)23-17(25)10-24-8-2-3-12-14(22)4-1-5-15(12)24;/h1,4-7,9,18H,2-3,8,10,22H2,(H,23,25);1H. The van der Waals surface area contributed by atoms with Crippen molar-refractivity contribution in [3.05, 3.63) is 47.0 Å². The number of carbonyl (C=O) groups is 1. The zero-order chi connectivity index (χ0) is 18.7. The third-order valence-electron chi connectivity index (χ3n) is 4.15. The summed E-state index contributed by atoms with van der Waals surface area (Å²) in [6.45, 7) is -2.05. The zero-order valence-corrected chi connectivity index (χ0v) is 15.8. The smallest absolute Gasteiger partial charge is 0.387 e. The molecule has 0 radical (unpaired) electrons. The number of anilines is 3. The average molecular weight is 418 g/mol. The number of nitrogens with zero attached hydrogens (tertiary/aromatic N) is 1. The van der Waals surface area contributed by atoms with Gasteiger partial charge >= 0.3 is 6.61 Å². The Morgan fingerprint density at radius 1 is 1.33 bits per heavy atom. The summed E-state index contributed by atoms with van der Waals surface area (Å²) in [5.41, 5.74) is 9.18. The van der Waals surface area contributed by atoms with Gasteiger partial charge in [0, 0.05) is 23.6 Å². The first kappa shape index (κ1) is 21.1. The van der Waals surface area contributed by atoms with E-state index < -0.39 is 6.61 Å². The number of ether oxygens (including phenoxy) is 1. The Morgan fingerprint density at radius 3 is 2.81 bits per heavy atom. The molecule has 27 heavy (non-hydrogen) atoms. The van der Waals surface area contributed by atoms with E-state index in [0.717, 1.165) is 36.3 Å². The normalized spacial score (nSPS) is 13.0. The topological polar surface area (TPSA) is 67.6 Å². The van der Waals surface area contributed by atoms with E-state index in [1.165, 1.54) is 18.2 Å². The SMILES string of the molecule is Cl.Nc1cccc2c1CCCN2CC(=O)Nc1ccc(OC(F)F)c(Cl)c1. The molecule has 2 aromatic rings. The van der Waals surface area contributed by atoms with Crippen LogP contribution in [0.1, 0.15) is 12.0 Å². The van der Waals surface area contributed by atoms with Crippen LogP contribution in [0.25, 0.3) is 0 Å². The zero-order valence-electron chi connectivity index (χ0n) is 14.3. The van der Waals surface area contributed by atoms with Crippen molar-refractivity contribution in [1.82, 2.24) is 0 Å².